The number of para-hydroxylation sites is 1. The van der Waals surface area contributed by atoms with Crippen molar-refractivity contribution in [3.63, 3.8) is 0 Å². The first kappa shape index (κ1) is 13.4. The Labute approximate surface area is 122 Å². The van der Waals surface area contributed by atoms with Crippen molar-refractivity contribution in [3.05, 3.63) is 69.8 Å². The van der Waals surface area contributed by atoms with Crippen molar-refractivity contribution in [2.45, 2.75) is 18.6 Å². The Kier molecular flexibility index (Phi) is 3.48. The summed E-state index contributed by atoms with van der Waals surface area (Å²) in [5.74, 6) is 1.43. The summed E-state index contributed by atoms with van der Waals surface area (Å²) < 4.78 is 11.0. The molecule has 0 N–H and O–H groups in total. The largest absolute Gasteiger partial charge is 0.497 e. The van der Waals surface area contributed by atoms with Crippen LogP contribution < -0.4 is 9.47 Å². The first-order valence-corrected chi connectivity index (χ1v) is 6.71. The molecule has 0 bridgehead atoms. The lowest BCUT2D eigenvalue weighted by molar-refractivity contribution is -0.535. The number of nitrogens with zero attached hydrogens (tertiary/aromatic N) is 1. The van der Waals surface area contributed by atoms with Gasteiger partial charge in [-0.2, -0.15) is 0 Å². The molecule has 3 rings (SSSR count). The van der Waals surface area contributed by atoms with Gasteiger partial charge in [-0.1, -0.05) is 30.3 Å². The van der Waals surface area contributed by atoms with Crippen LogP contribution in [0.5, 0.6) is 11.5 Å². The number of methoxy groups -OCH3 is 1. The highest BCUT2D eigenvalue weighted by Gasteiger charge is 2.39. The van der Waals surface area contributed by atoms with E-state index in [1.54, 1.807) is 19.2 Å². The van der Waals surface area contributed by atoms with Crippen molar-refractivity contribution in [2.24, 2.45) is 0 Å². The normalized spacial score (nSPS) is 20.2. The van der Waals surface area contributed by atoms with E-state index in [9.17, 15) is 10.1 Å². The third kappa shape index (κ3) is 2.54. The summed E-state index contributed by atoms with van der Waals surface area (Å²) in [5.41, 5.74) is 1.66. The third-order valence-electron chi connectivity index (χ3n) is 3.72. The van der Waals surface area contributed by atoms with Gasteiger partial charge in [0.15, 0.2) is 6.10 Å². The molecule has 5 nitrogen and oxygen atoms in total. The molecule has 1 aliphatic heterocycles. The van der Waals surface area contributed by atoms with Gasteiger partial charge in [0.25, 0.3) is 6.04 Å². The predicted octanol–water partition coefficient (Wildman–Crippen LogP) is 3.02. The average molecular weight is 285 g/mol. The van der Waals surface area contributed by atoms with Gasteiger partial charge < -0.3 is 9.47 Å². The summed E-state index contributed by atoms with van der Waals surface area (Å²) in [4.78, 5) is 11.1. The fourth-order valence-corrected chi connectivity index (χ4v) is 2.60. The molecule has 0 saturated carbocycles. The lowest BCUT2D eigenvalue weighted by Gasteiger charge is -2.28. The topological polar surface area (TPSA) is 61.6 Å². The third-order valence-corrected chi connectivity index (χ3v) is 3.72. The van der Waals surface area contributed by atoms with E-state index in [0.717, 1.165) is 16.9 Å². The Morgan fingerprint density at radius 2 is 1.90 bits per heavy atom. The maximum absolute atomic E-state index is 11.4. The lowest BCUT2D eigenvalue weighted by atomic mass is 9.93. The zero-order valence-electron chi connectivity index (χ0n) is 11.6. The highest BCUT2D eigenvalue weighted by Crippen LogP contribution is 2.36. The standard InChI is InChI=1S/C16H15NO4/c1-20-13-8-6-11(7-9-13)16-14(17(18)19)10-12-4-2-3-5-15(12)21-16/h2-9,14,16H,10H2,1H3/t14-,16-/m0/s1. The quantitative estimate of drug-likeness (QED) is 0.642. The number of hydrogen-bond acceptors (Lipinski definition) is 4. The van der Waals surface area contributed by atoms with E-state index in [4.69, 9.17) is 9.47 Å². The number of nitro groups is 1. The zero-order chi connectivity index (χ0) is 14.8. The van der Waals surface area contributed by atoms with Crippen molar-refractivity contribution in [1.82, 2.24) is 0 Å². The molecule has 0 fully saturated rings. The van der Waals surface area contributed by atoms with Crippen LogP contribution in [0.2, 0.25) is 0 Å². The number of hydrogen-bond donors (Lipinski definition) is 0. The molecule has 2 atom stereocenters. The minimum Gasteiger partial charge on any atom is -0.497 e. The Hall–Kier alpha value is -2.56. The minimum absolute atomic E-state index is 0.259. The molecule has 0 spiro atoms. The first-order chi connectivity index (χ1) is 10.2. The summed E-state index contributed by atoms with van der Waals surface area (Å²) in [6, 6.07) is 13.9. The molecule has 0 radical (unpaired) electrons. The van der Waals surface area contributed by atoms with Crippen LogP contribution in [0, 0.1) is 10.1 Å². The second-order valence-electron chi connectivity index (χ2n) is 4.98. The van der Waals surface area contributed by atoms with Gasteiger partial charge in [0.1, 0.15) is 11.5 Å². The van der Waals surface area contributed by atoms with Crippen LogP contribution in [0.15, 0.2) is 48.5 Å². The van der Waals surface area contributed by atoms with Gasteiger partial charge in [0, 0.05) is 16.9 Å². The van der Waals surface area contributed by atoms with Gasteiger partial charge in [-0.15, -0.1) is 0 Å². The Morgan fingerprint density at radius 3 is 2.57 bits per heavy atom. The fourth-order valence-electron chi connectivity index (χ4n) is 2.60. The molecular formula is C16H15NO4. The summed E-state index contributed by atoms with van der Waals surface area (Å²) in [7, 11) is 1.59. The van der Waals surface area contributed by atoms with E-state index in [0.29, 0.717) is 12.2 Å². The SMILES string of the molecule is COc1ccc([C@@H]2Oc3ccccc3C[C@@H]2[N+](=O)[O-])cc1. The van der Waals surface area contributed by atoms with Crippen molar-refractivity contribution in [2.75, 3.05) is 7.11 Å². The molecule has 2 aromatic rings. The van der Waals surface area contributed by atoms with Gasteiger partial charge >= 0.3 is 0 Å². The van der Waals surface area contributed by atoms with Crippen LogP contribution in [-0.4, -0.2) is 18.1 Å². The van der Waals surface area contributed by atoms with Crippen LogP contribution in [-0.2, 0) is 6.42 Å². The van der Waals surface area contributed by atoms with Crippen molar-refractivity contribution in [3.8, 4) is 11.5 Å². The molecule has 5 heteroatoms. The lowest BCUT2D eigenvalue weighted by Crippen LogP contribution is -2.36. The van der Waals surface area contributed by atoms with E-state index in [1.165, 1.54) is 0 Å². The molecule has 0 saturated heterocycles. The fraction of sp³-hybridized carbons (Fsp3) is 0.250. The average Bonchev–Trinajstić information content (AvgIpc) is 2.53. The maximum atomic E-state index is 11.4. The molecule has 0 unspecified atom stereocenters. The highest BCUT2D eigenvalue weighted by atomic mass is 16.6. The molecule has 108 valence electrons. The summed E-state index contributed by atoms with van der Waals surface area (Å²) >= 11 is 0. The van der Waals surface area contributed by atoms with E-state index >= 15 is 0 Å². The predicted molar refractivity (Wildman–Crippen MR) is 77.3 cm³/mol. The van der Waals surface area contributed by atoms with E-state index in [2.05, 4.69) is 0 Å². The van der Waals surface area contributed by atoms with Gasteiger partial charge in [-0.25, -0.2) is 0 Å². The molecule has 0 aliphatic carbocycles. The van der Waals surface area contributed by atoms with Gasteiger partial charge in [-0.05, 0) is 23.8 Å². The van der Waals surface area contributed by atoms with Gasteiger partial charge in [0.2, 0.25) is 0 Å². The van der Waals surface area contributed by atoms with Crippen LogP contribution >= 0.6 is 0 Å². The summed E-state index contributed by atoms with van der Waals surface area (Å²) in [5, 5.41) is 11.4. The second-order valence-corrected chi connectivity index (χ2v) is 4.98. The smallest absolute Gasteiger partial charge is 0.257 e. The van der Waals surface area contributed by atoms with Crippen molar-refractivity contribution >= 4 is 0 Å². The molecular weight excluding hydrogens is 270 g/mol. The van der Waals surface area contributed by atoms with Crippen LogP contribution in [0.4, 0.5) is 0 Å². The van der Waals surface area contributed by atoms with E-state index < -0.39 is 12.1 Å². The highest BCUT2D eigenvalue weighted by molar-refractivity contribution is 5.38. The van der Waals surface area contributed by atoms with E-state index in [1.807, 2.05) is 36.4 Å². The van der Waals surface area contributed by atoms with Gasteiger partial charge in [-0.3, -0.25) is 10.1 Å². The maximum Gasteiger partial charge on any atom is 0.257 e. The zero-order valence-corrected chi connectivity index (χ0v) is 11.6. The molecule has 0 aromatic heterocycles. The Balaban J connectivity index is 1.96. The molecule has 0 amide bonds. The molecule has 1 heterocycles. The first-order valence-electron chi connectivity index (χ1n) is 6.71. The minimum atomic E-state index is -0.784. The van der Waals surface area contributed by atoms with Gasteiger partial charge in [0.05, 0.1) is 7.11 Å². The van der Waals surface area contributed by atoms with Crippen LogP contribution in [0.3, 0.4) is 0 Å². The number of rotatable bonds is 3. The van der Waals surface area contributed by atoms with Crippen LogP contribution in [0.1, 0.15) is 17.2 Å². The van der Waals surface area contributed by atoms with Crippen LogP contribution in [0.25, 0.3) is 0 Å². The number of fused-ring (bicyclic) bond motifs is 1. The van der Waals surface area contributed by atoms with E-state index in [-0.39, 0.29) is 4.92 Å². The monoisotopic (exact) mass is 285 g/mol. The molecule has 2 aromatic carbocycles. The Bertz CT molecular complexity index is 654. The molecule has 21 heavy (non-hydrogen) atoms. The van der Waals surface area contributed by atoms with Crippen molar-refractivity contribution < 1.29 is 14.4 Å². The summed E-state index contributed by atoms with van der Waals surface area (Å²) in [6.45, 7) is 0. The Morgan fingerprint density at radius 1 is 1.19 bits per heavy atom. The summed E-state index contributed by atoms with van der Waals surface area (Å²) in [6.07, 6.45) is -0.208. The van der Waals surface area contributed by atoms with Crippen molar-refractivity contribution in [1.29, 1.82) is 0 Å². The number of ether oxygens (including phenoxy) is 2. The second kappa shape index (κ2) is 5.44. The molecule has 1 aliphatic rings. The number of benzene rings is 2.